The number of nitrogens with zero attached hydrogens (tertiary/aromatic N) is 2. The maximum atomic E-state index is 13.2. The number of aliphatic hydroxyl groups is 3. The van der Waals surface area contributed by atoms with Crippen LogP contribution in [0.5, 0.6) is 0 Å². The van der Waals surface area contributed by atoms with Gasteiger partial charge in [0, 0.05) is 11.8 Å². The van der Waals surface area contributed by atoms with Crippen LogP contribution in [0, 0.1) is 10.1 Å². The predicted octanol–water partition coefficient (Wildman–Crippen LogP) is -1.59. The Morgan fingerprint density at radius 2 is 1.93 bits per heavy atom. The van der Waals surface area contributed by atoms with Gasteiger partial charge in [-0.25, -0.2) is 8.42 Å². The van der Waals surface area contributed by atoms with Gasteiger partial charge in [0.05, 0.1) is 11.5 Å². The first-order chi connectivity index (χ1) is 13.1. The summed E-state index contributed by atoms with van der Waals surface area (Å²) in [6.45, 7) is -0.785. The molecular formula is C14H18N2O10S2. The van der Waals surface area contributed by atoms with Crippen molar-refractivity contribution in [1.82, 2.24) is 4.31 Å². The Labute approximate surface area is 164 Å². The predicted molar refractivity (Wildman–Crippen MR) is 95.2 cm³/mol. The van der Waals surface area contributed by atoms with Gasteiger partial charge in [0.2, 0.25) is 0 Å². The molecule has 0 aromatic heterocycles. The first-order valence-electron chi connectivity index (χ1n) is 7.81. The number of carboxylic acid groups (broad SMARTS) is 1. The summed E-state index contributed by atoms with van der Waals surface area (Å²) in [6, 6.07) is 2.35. The van der Waals surface area contributed by atoms with Crippen LogP contribution in [-0.2, 0) is 19.6 Å². The first kappa shape index (κ1) is 22.5. The van der Waals surface area contributed by atoms with Crippen LogP contribution in [0.3, 0.4) is 0 Å². The van der Waals surface area contributed by atoms with Crippen LogP contribution in [0.4, 0.5) is 5.69 Å². The molecule has 2 rings (SSSR count). The lowest BCUT2D eigenvalue weighted by Crippen LogP contribution is -2.55. The zero-order chi connectivity index (χ0) is 21.2. The third-order valence-corrected chi connectivity index (χ3v) is 6.41. The molecule has 0 unspecified atom stereocenters. The smallest absolute Gasteiger partial charge is 0.322 e. The number of aliphatic hydroxyl groups excluding tert-OH is 3. The molecule has 0 spiro atoms. The molecule has 4 N–H and O–H groups in total. The lowest BCUT2D eigenvalue weighted by Gasteiger charge is -2.33. The zero-order valence-electron chi connectivity index (χ0n) is 14.1. The van der Waals surface area contributed by atoms with Crippen LogP contribution in [0.25, 0.3) is 0 Å². The summed E-state index contributed by atoms with van der Waals surface area (Å²) in [5, 5.41) is 50.0. The van der Waals surface area contributed by atoms with Crippen molar-refractivity contribution in [1.29, 1.82) is 0 Å². The van der Waals surface area contributed by atoms with Crippen LogP contribution in [-0.4, -0.2) is 87.0 Å². The molecule has 0 radical (unpaired) electrons. The lowest BCUT2D eigenvalue weighted by molar-refractivity contribution is -0.387. The number of rotatable bonds is 8. The van der Waals surface area contributed by atoms with E-state index >= 15 is 0 Å². The van der Waals surface area contributed by atoms with Crippen LogP contribution >= 0.6 is 12.6 Å². The molecule has 0 saturated carbocycles. The van der Waals surface area contributed by atoms with E-state index in [0.29, 0.717) is 0 Å². The van der Waals surface area contributed by atoms with Crippen molar-refractivity contribution in [2.45, 2.75) is 35.5 Å². The Morgan fingerprint density at radius 3 is 2.39 bits per heavy atom. The van der Waals surface area contributed by atoms with Crippen LogP contribution in [0.15, 0.2) is 29.2 Å². The molecule has 5 atom stereocenters. The molecule has 156 valence electrons. The van der Waals surface area contributed by atoms with Crippen molar-refractivity contribution in [2.75, 3.05) is 12.4 Å². The number of carbonyl (C=O) groups is 1. The molecule has 0 bridgehead atoms. The molecule has 0 aliphatic carbocycles. The van der Waals surface area contributed by atoms with Crippen molar-refractivity contribution < 1.29 is 43.3 Å². The second-order valence-corrected chi connectivity index (χ2v) is 8.00. The Hall–Kier alpha value is -1.81. The number of thiol groups is 1. The fourth-order valence-corrected chi connectivity index (χ4v) is 5.05. The van der Waals surface area contributed by atoms with Crippen LogP contribution in [0.1, 0.15) is 0 Å². The number of hydrogen-bond acceptors (Lipinski definition) is 10. The summed E-state index contributed by atoms with van der Waals surface area (Å²) in [4.78, 5) is 21.1. The first-order valence-corrected chi connectivity index (χ1v) is 9.88. The van der Waals surface area contributed by atoms with Gasteiger partial charge < -0.3 is 25.2 Å². The fraction of sp³-hybridized carbons (Fsp3) is 0.500. The van der Waals surface area contributed by atoms with Gasteiger partial charge in [-0.05, 0) is 6.07 Å². The molecule has 1 aromatic rings. The average molecular weight is 438 g/mol. The monoisotopic (exact) mass is 438 g/mol. The number of carboxylic acids is 1. The standard InChI is InChI=1S/C14H18N2O10S2/c17-5-9-11(18)12(19)13(26-9)15(8(6-27)14(20)21)28(24,25)10-4-2-1-3-7(10)16(22)23/h1-4,8-9,11-13,17-19,27H,5-6H2,(H,20,21)/t8-,9-,11-,12+,13-/m0/s1. The van der Waals surface area contributed by atoms with E-state index in [4.69, 9.17) is 4.74 Å². The maximum absolute atomic E-state index is 13.2. The van der Waals surface area contributed by atoms with E-state index in [9.17, 15) is 43.8 Å². The molecule has 1 heterocycles. The van der Waals surface area contributed by atoms with E-state index in [1.807, 2.05) is 0 Å². The fourth-order valence-electron chi connectivity index (χ4n) is 2.78. The molecule has 0 amide bonds. The molecule has 1 saturated heterocycles. The minimum absolute atomic E-state index is 0.216. The van der Waals surface area contributed by atoms with Gasteiger partial charge in [-0.15, -0.1) is 0 Å². The van der Waals surface area contributed by atoms with Crippen LogP contribution < -0.4 is 0 Å². The number of nitro groups is 1. The van der Waals surface area contributed by atoms with Crippen LogP contribution in [0.2, 0.25) is 0 Å². The molecule has 1 aliphatic heterocycles. The van der Waals surface area contributed by atoms with Gasteiger partial charge >= 0.3 is 5.97 Å². The lowest BCUT2D eigenvalue weighted by atomic mass is 10.1. The van der Waals surface area contributed by atoms with Gasteiger partial charge in [0.25, 0.3) is 15.7 Å². The highest BCUT2D eigenvalue weighted by Crippen LogP contribution is 2.34. The Kier molecular flexibility index (Phi) is 6.97. The van der Waals surface area contributed by atoms with Crippen molar-refractivity contribution >= 4 is 34.3 Å². The highest BCUT2D eigenvalue weighted by molar-refractivity contribution is 7.89. The quantitative estimate of drug-likeness (QED) is 0.180. The van der Waals surface area contributed by atoms with Crippen molar-refractivity contribution in [3.05, 3.63) is 34.4 Å². The summed E-state index contributed by atoms with van der Waals surface area (Å²) in [5.41, 5.74) is -0.817. The summed E-state index contributed by atoms with van der Waals surface area (Å²) in [7, 11) is -4.92. The Balaban J connectivity index is 2.66. The van der Waals surface area contributed by atoms with E-state index in [1.54, 1.807) is 0 Å². The van der Waals surface area contributed by atoms with E-state index in [1.165, 1.54) is 12.1 Å². The second kappa shape index (κ2) is 8.69. The summed E-state index contributed by atoms with van der Waals surface area (Å²) < 4.78 is 31.8. The zero-order valence-corrected chi connectivity index (χ0v) is 15.8. The van der Waals surface area contributed by atoms with Crippen molar-refractivity contribution in [2.24, 2.45) is 0 Å². The summed E-state index contributed by atoms with van der Waals surface area (Å²) >= 11 is 3.83. The summed E-state index contributed by atoms with van der Waals surface area (Å²) in [6.07, 6.45) is -6.95. The Bertz CT molecular complexity index is 848. The number of nitro benzene ring substituents is 1. The maximum Gasteiger partial charge on any atom is 0.322 e. The van der Waals surface area contributed by atoms with E-state index < -0.39 is 74.4 Å². The van der Waals surface area contributed by atoms with Crippen molar-refractivity contribution in [3.8, 4) is 0 Å². The van der Waals surface area contributed by atoms with Crippen molar-refractivity contribution in [3.63, 3.8) is 0 Å². The average Bonchev–Trinajstić information content (AvgIpc) is 2.93. The van der Waals surface area contributed by atoms with E-state index in [-0.39, 0.29) is 4.31 Å². The van der Waals surface area contributed by atoms with E-state index in [2.05, 4.69) is 12.6 Å². The highest BCUT2D eigenvalue weighted by Gasteiger charge is 2.53. The third kappa shape index (κ3) is 3.98. The molecule has 1 fully saturated rings. The van der Waals surface area contributed by atoms with Gasteiger partial charge in [0.15, 0.2) is 11.1 Å². The number of sulfonamides is 1. The third-order valence-electron chi connectivity index (χ3n) is 4.15. The number of aliphatic carboxylic acids is 1. The number of hydrogen-bond donors (Lipinski definition) is 5. The molecule has 1 aliphatic rings. The SMILES string of the molecule is O=C(O)[C@H](CS)N([C@H]1O[C@@H](CO)[C@H](O)[C@H]1O)S(=O)(=O)c1ccccc1[N+](=O)[O-]. The summed E-state index contributed by atoms with van der Waals surface area (Å²) in [5.74, 6) is -2.23. The topological polar surface area (TPSA) is 188 Å². The number of para-hydroxylation sites is 1. The Morgan fingerprint density at radius 1 is 1.32 bits per heavy atom. The molecule has 28 heavy (non-hydrogen) atoms. The van der Waals surface area contributed by atoms with E-state index in [0.717, 1.165) is 12.1 Å². The van der Waals surface area contributed by atoms with Gasteiger partial charge in [0.1, 0.15) is 24.4 Å². The molecule has 1 aromatic carbocycles. The number of benzene rings is 1. The minimum Gasteiger partial charge on any atom is -0.480 e. The highest BCUT2D eigenvalue weighted by atomic mass is 32.2. The van der Waals surface area contributed by atoms with Gasteiger partial charge in [-0.2, -0.15) is 16.9 Å². The minimum atomic E-state index is -4.92. The second-order valence-electron chi connectivity index (χ2n) is 5.83. The van der Waals surface area contributed by atoms with Gasteiger partial charge in [-0.1, -0.05) is 12.1 Å². The largest absolute Gasteiger partial charge is 0.480 e. The normalized spacial score (nSPS) is 26.3. The number of ether oxygens (including phenoxy) is 1. The molecule has 12 nitrogen and oxygen atoms in total. The molecular weight excluding hydrogens is 420 g/mol. The molecule has 14 heteroatoms. The van der Waals surface area contributed by atoms with Gasteiger partial charge in [-0.3, -0.25) is 14.9 Å².